The average Bonchev–Trinajstić information content (AvgIpc) is 2.30. The number of carbonyl (C=O) groups is 2. The fourth-order valence-corrected chi connectivity index (χ4v) is 1.18. The van der Waals surface area contributed by atoms with Crippen LogP contribution in [0.15, 0.2) is 11.3 Å². The molecule has 0 unspecified atom stereocenters. The maximum absolute atomic E-state index is 11.1. The number of hydrogen-bond donors (Lipinski definition) is 1. The predicted molar refractivity (Wildman–Crippen MR) is 42.8 cm³/mol. The molecule has 1 amide bonds. The van der Waals surface area contributed by atoms with Crippen molar-refractivity contribution in [2.45, 2.75) is 6.92 Å². The van der Waals surface area contributed by atoms with Gasteiger partial charge in [-0.1, -0.05) is 0 Å². The summed E-state index contributed by atoms with van der Waals surface area (Å²) in [6.45, 7) is 2.33. The second-order valence-corrected chi connectivity index (χ2v) is 2.76. The van der Waals surface area contributed by atoms with E-state index in [-0.39, 0.29) is 12.1 Å². The van der Waals surface area contributed by atoms with Crippen LogP contribution in [0.5, 0.6) is 0 Å². The number of hydrogen-bond acceptors (Lipinski definition) is 3. The Kier molecular flexibility index (Phi) is 2.38. The Morgan fingerprint density at radius 3 is 2.58 bits per heavy atom. The van der Waals surface area contributed by atoms with E-state index in [0.717, 1.165) is 0 Å². The molecule has 0 saturated heterocycles. The molecule has 0 aromatic carbocycles. The summed E-state index contributed by atoms with van der Waals surface area (Å²) in [6.07, 6.45) is 0. The third-order valence-corrected chi connectivity index (χ3v) is 1.97. The van der Waals surface area contributed by atoms with Gasteiger partial charge in [0, 0.05) is 6.54 Å². The Morgan fingerprint density at radius 1 is 1.75 bits per heavy atom. The molecule has 1 aliphatic heterocycles. The van der Waals surface area contributed by atoms with E-state index < -0.39 is 16.9 Å². The third kappa shape index (κ3) is 1.30. The van der Waals surface area contributed by atoms with Crippen molar-refractivity contribution in [1.29, 1.82) is 0 Å². The molecule has 0 spiro atoms. The van der Waals surface area contributed by atoms with Gasteiger partial charge in [0.2, 0.25) is 0 Å². The second kappa shape index (κ2) is 3.15. The Labute approximate surface area is 74.4 Å². The first-order valence-electron chi connectivity index (χ1n) is 3.49. The van der Waals surface area contributed by atoms with Crippen molar-refractivity contribution in [3.05, 3.63) is 11.3 Å². The quantitative estimate of drug-likeness (QED) is 0.641. The Hall–Kier alpha value is -1.03. The highest BCUT2D eigenvalue weighted by Gasteiger charge is 2.31. The van der Waals surface area contributed by atoms with E-state index in [9.17, 15) is 9.59 Å². The van der Waals surface area contributed by atoms with Crippen molar-refractivity contribution < 1.29 is 14.7 Å². The van der Waals surface area contributed by atoms with Gasteiger partial charge in [0.15, 0.2) is 5.76 Å². The monoisotopic (exact) mass is 189 g/mol. The van der Waals surface area contributed by atoms with Gasteiger partial charge in [-0.15, -0.1) is 0 Å². The zero-order chi connectivity index (χ0) is 9.30. The number of carbonyl (C=O) groups excluding carboxylic acids is 2. The van der Waals surface area contributed by atoms with Crippen LogP contribution in [-0.4, -0.2) is 34.2 Å². The number of aliphatic hydroxyl groups excluding tert-OH is 1. The zero-order valence-electron chi connectivity index (χ0n) is 6.50. The smallest absolute Gasteiger partial charge is 0.289 e. The van der Waals surface area contributed by atoms with Crippen molar-refractivity contribution in [2.75, 3.05) is 13.1 Å². The molecule has 12 heavy (non-hydrogen) atoms. The van der Waals surface area contributed by atoms with E-state index in [1.165, 1.54) is 4.90 Å². The lowest BCUT2D eigenvalue weighted by atomic mass is 10.3. The van der Waals surface area contributed by atoms with Crippen molar-refractivity contribution in [3.8, 4) is 0 Å². The molecule has 66 valence electrons. The lowest BCUT2D eigenvalue weighted by Crippen LogP contribution is -2.26. The van der Waals surface area contributed by atoms with Gasteiger partial charge in [-0.05, 0) is 18.5 Å². The average molecular weight is 190 g/mol. The normalized spacial score (nSPS) is 17.5. The molecule has 0 aromatic heterocycles. The van der Waals surface area contributed by atoms with Crippen molar-refractivity contribution in [1.82, 2.24) is 4.90 Å². The van der Waals surface area contributed by atoms with Gasteiger partial charge in [0.1, 0.15) is 0 Å². The molecule has 0 aliphatic carbocycles. The summed E-state index contributed by atoms with van der Waals surface area (Å²) >= 11 is 5.13. The maximum atomic E-state index is 11.1. The summed E-state index contributed by atoms with van der Waals surface area (Å²) in [7, 11) is 0. The van der Waals surface area contributed by atoms with Gasteiger partial charge in [-0.3, -0.25) is 9.59 Å². The van der Waals surface area contributed by atoms with E-state index in [0.29, 0.717) is 6.54 Å². The van der Waals surface area contributed by atoms with E-state index in [2.05, 4.69) is 0 Å². The van der Waals surface area contributed by atoms with Gasteiger partial charge < -0.3 is 10.0 Å². The Morgan fingerprint density at radius 2 is 2.33 bits per heavy atom. The van der Waals surface area contributed by atoms with Crippen LogP contribution in [0.1, 0.15) is 6.92 Å². The van der Waals surface area contributed by atoms with Gasteiger partial charge in [0.05, 0.1) is 12.1 Å². The summed E-state index contributed by atoms with van der Waals surface area (Å²) in [5, 5.41) is 8.35. The first kappa shape index (κ1) is 9.06. The highest BCUT2D eigenvalue weighted by Crippen LogP contribution is 2.18. The van der Waals surface area contributed by atoms with Crippen LogP contribution in [0.4, 0.5) is 0 Å². The van der Waals surface area contributed by atoms with Gasteiger partial charge >= 0.3 is 0 Å². The summed E-state index contributed by atoms with van der Waals surface area (Å²) in [4.78, 5) is 23.0. The molecular weight excluding hydrogens is 182 g/mol. The molecule has 1 N–H and O–H groups in total. The van der Waals surface area contributed by atoms with E-state index in [1.807, 2.05) is 0 Å². The lowest BCUT2D eigenvalue weighted by Gasteiger charge is -2.11. The lowest BCUT2D eigenvalue weighted by molar-refractivity contribution is -0.127. The van der Waals surface area contributed by atoms with Crippen molar-refractivity contribution in [3.63, 3.8) is 0 Å². The SMILES string of the molecule is CCN1CC(C(=O)Cl)=C(O)C1=O. The van der Waals surface area contributed by atoms with Crippen LogP contribution >= 0.6 is 11.6 Å². The largest absolute Gasteiger partial charge is 0.503 e. The fourth-order valence-electron chi connectivity index (χ4n) is 1.03. The highest BCUT2D eigenvalue weighted by molar-refractivity contribution is 6.68. The van der Waals surface area contributed by atoms with E-state index in [4.69, 9.17) is 16.7 Å². The molecule has 1 aliphatic rings. The minimum atomic E-state index is -0.767. The van der Waals surface area contributed by atoms with Crippen molar-refractivity contribution >= 4 is 22.8 Å². The standard InChI is InChI=1S/C7H8ClNO3/c1-2-9-3-4(6(8)11)5(10)7(9)12/h10H,2-3H2,1H3. The second-order valence-electron chi connectivity index (χ2n) is 2.42. The van der Waals surface area contributed by atoms with Crippen LogP contribution in [-0.2, 0) is 9.59 Å². The third-order valence-electron chi connectivity index (χ3n) is 1.74. The van der Waals surface area contributed by atoms with Gasteiger partial charge in [-0.2, -0.15) is 0 Å². The van der Waals surface area contributed by atoms with Gasteiger partial charge in [0.25, 0.3) is 11.1 Å². The van der Waals surface area contributed by atoms with Crippen LogP contribution in [0, 0.1) is 0 Å². The number of likely N-dealkylation sites (N-methyl/N-ethyl adjacent to an activating group) is 1. The van der Waals surface area contributed by atoms with Crippen LogP contribution < -0.4 is 0 Å². The molecule has 4 nitrogen and oxygen atoms in total. The Bertz CT molecular complexity index is 272. The Balaban J connectivity index is 2.91. The molecule has 5 heteroatoms. The molecule has 1 rings (SSSR count). The van der Waals surface area contributed by atoms with Crippen molar-refractivity contribution in [2.24, 2.45) is 0 Å². The summed E-state index contributed by atoms with van der Waals surface area (Å²) < 4.78 is 0. The van der Waals surface area contributed by atoms with E-state index >= 15 is 0 Å². The molecule has 0 saturated carbocycles. The molecule has 0 atom stereocenters. The minimum Gasteiger partial charge on any atom is -0.503 e. The molecule has 0 fully saturated rings. The number of halogens is 1. The van der Waals surface area contributed by atoms with Crippen LogP contribution in [0.25, 0.3) is 0 Å². The fraction of sp³-hybridized carbons (Fsp3) is 0.429. The number of aliphatic hydroxyl groups is 1. The maximum Gasteiger partial charge on any atom is 0.289 e. The minimum absolute atomic E-state index is 0.0106. The summed E-state index contributed by atoms with van der Waals surface area (Å²) in [5.74, 6) is -1.04. The van der Waals surface area contributed by atoms with Crippen LogP contribution in [0.2, 0.25) is 0 Å². The highest BCUT2D eigenvalue weighted by atomic mass is 35.5. The molecule has 1 heterocycles. The number of rotatable bonds is 2. The van der Waals surface area contributed by atoms with Gasteiger partial charge in [-0.25, -0.2) is 0 Å². The topological polar surface area (TPSA) is 57.6 Å². The van der Waals surface area contributed by atoms with Crippen LogP contribution in [0.3, 0.4) is 0 Å². The first-order chi connectivity index (χ1) is 5.57. The molecule has 0 radical (unpaired) electrons. The zero-order valence-corrected chi connectivity index (χ0v) is 7.26. The molecule has 0 bridgehead atoms. The predicted octanol–water partition coefficient (Wildman–Crippen LogP) is 0.426. The number of nitrogens with zero attached hydrogens (tertiary/aromatic N) is 1. The first-order valence-corrected chi connectivity index (χ1v) is 3.87. The summed E-state index contributed by atoms with van der Waals surface area (Å²) in [6, 6.07) is 0. The van der Waals surface area contributed by atoms with E-state index in [1.54, 1.807) is 6.92 Å². The molecule has 0 aromatic rings. The summed E-state index contributed by atoms with van der Waals surface area (Å²) in [5.41, 5.74) is -0.0106. The molecular formula is C7H8ClNO3. The number of amides is 1.